The molecule has 1 fully saturated rings. The van der Waals surface area contributed by atoms with Crippen LogP contribution in [0.3, 0.4) is 0 Å². The van der Waals surface area contributed by atoms with E-state index in [0.29, 0.717) is 6.04 Å². The molecule has 0 amide bonds. The summed E-state index contributed by atoms with van der Waals surface area (Å²) in [5, 5.41) is 3.60. The summed E-state index contributed by atoms with van der Waals surface area (Å²) in [5.74, 6) is 2.57. The molecule has 1 aliphatic rings. The van der Waals surface area contributed by atoms with E-state index in [1.165, 1.54) is 25.7 Å². The number of ether oxygens (including phenoxy) is 2. The highest BCUT2D eigenvalue weighted by molar-refractivity contribution is 5.59. The van der Waals surface area contributed by atoms with E-state index < -0.39 is 0 Å². The summed E-state index contributed by atoms with van der Waals surface area (Å²) >= 11 is 0. The lowest BCUT2D eigenvalue weighted by Crippen LogP contribution is -2.16. The summed E-state index contributed by atoms with van der Waals surface area (Å²) in [6, 6.07) is 6.51. The summed E-state index contributed by atoms with van der Waals surface area (Å²) in [6.07, 6.45) is 5.16. The highest BCUT2D eigenvalue weighted by Crippen LogP contribution is 2.34. The van der Waals surface area contributed by atoms with Gasteiger partial charge >= 0.3 is 0 Å². The first-order valence-electron chi connectivity index (χ1n) is 6.75. The van der Waals surface area contributed by atoms with Crippen LogP contribution in [-0.4, -0.2) is 20.3 Å². The third-order valence-corrected chi connectivity index (χ3v) is 3.89. The second-order valence-electron chi connectivity index (χ2n) is 4.99. The maximum atomic E-state index is 5.41. The maximum absolute atomic E-state index is 5.41. The highest BCUT2D eigenvalue weighted by Gasteiger charge is 2.23. The van der Waals surface area contributed by atoms with Crippen molar-refractivity contribution in [2.45, 2.75) is 38.6 Å². The molecule has 1 aromatic carbocycles. The summed E-state index contributed by atoms with van der Waals surface area (Å²) in [5.41, 5.74) is 1.07. The molecule has 0 heterocycles. The van der Waals surface area contributed by atoms with Crippen molar-refractivity contribution < 1.29 is 9.47 Å². The van der Waals surface area contributed by atoms with E-state index in [2.05, 4.69) is 12.2 Å². The molecule has 1 N–H and O–H groups in total. The maximum Gasteiger partial charge on any atom is 0.145 e. The van der Waals surface area contributed by atoms with Gasteiger partial charge in [0.2, 0.25) is 0 Å². The summed E-state index contributed by atoms with van der Waals surface area (Å²) in [7, 11) is 3.37. The molecule has 0 radical (unpaired) electrons. The first-order chi connectivity index (χ1) is 8.76. The van der Waals surface area contributed by atoms with Gasteiger partial charge < -0.3 is 14.8 Å². The quantitative estimate of drug-likeness (QED) is 0.863. The third-order valence-electron chi connectivity index (χ3n) is 3.89. The summed E-state index contributed by atoms with van der Waals surface area (Å²) in [6.45, 7) is 2.28. The molecule has 2 rings (SSSR count). The van der Waals surface area contributed by atoms with E-state index in [-0.39, 0.29) is 0 Å². The van der Waals surface area contributed by atoms with Gasteiger partial charge in [-0.25, -0.2) is 0 Å². The standard InChI is InChI=1S/C15H23NO2/c1-4-11-5-6-12(9-11)16-14-8-7-13(17-2)10-15(14)18-3/h7-8,10-12,16H,4-6,9H2,1-3H3. The molecule has 100 valence electrons. The molecule has 1 aromatic rings. The molecule has 18 heavy (non-hydrogen) atoms. The minimum absolute atomic E-state index is 0.581. The Balaban J connectivity index is 2.05. The number of anilines is 1. The lowest BCUT2D eigenvalue weighted by molar-refractivity contribution is 0.395. The Morgan fingerprint density at radius 3 is 2.67 bits per heavy atom. The molecule has 0 spiro atoms. The lowest BCUT2D eigenvalue weighted by atomic mass is 10.1. The largest absolute Gasteiger partial charge is 0.497 e. The predicted molar refractivity (Wildman–Crippen MR) is 74.6 cm³/mol. The number of rotatable bonds is 5. The molecule has 3 nitrogen and oxygen atoms in total. The van der Waals surface area contributed by atoms with Crippen molar-refractivity contribution in [1.82, 2.24) is 0 Å². The molecule has 0 aromatic heterocycles. The average Bonchev–Trinajstić information content (AvgIpc) is 2.87. The van der Waals surface area contributed by atoms with Gasteiger partial charge in [-0.05, 0) is 37.3 Å². The topological polar surface area (TPSA) is 30.5 Å². The number of hydrogen-bond acceptors (Lipinski definition) is 3. The van der Waals surface area contributed by atoms with Crippen molar-refractivity contribution in [2.75, 3.05) is 19.5 Å². The molecule has 0 aliphatic heterocycles. The second kappa shape index (κ2) is 5.98. The Hall–Kier alpha value is -1.38. The fourth-order valence-electron chi connectivity index (χ4n) is 2.71. The first-order valence-corrected chi connectivity index (χ1v) is 6.75. The number of nitrogens with one attached hydrogen (secondary N) is 1. The van der Waals surface area contributed by atoms with Gasteiger partial charge in [-0.1, -0.05) is 13.3 Å². The van der Waals surface area contributed by atoms with Crippen LogP contribution < -0.4 is 14.8 Å². The highest BCUT2D eigenvalue weighted by atomic mass is 16.5. The van der Waals surface area contributed by atoms with Crippen LogP contribution in [0.2, 0.25) is 0 Å². The van der Waals surface area contributed by atoms with Crippen LogP contribution in [0.15, 0.2) is 18.2 Å². The van der Waals surface area contributed by atoms with Gasteiger partial charge in [0.1, 0.15) is 11.5 Å². The minimum atomic E-state index is 0.581. The Morgan fingerprint density at radius 1 is 1.22 bits per heavy atom. The fraction of sp³-hybridized carbons (Fsp3) is 0.600. The second-order valence-corrected chi connectivity index (χ2v) is 4.99. The molecular formula is C15H23NO2. The number of methoxy groups -OCH3 is 2. The zero-order chi connectivity index (χ0) is 13.0. The van der Waals surface area contributed by atoms with Gasteiger partial charge in [0, 0.05) is 12.1 Å². The predicted octanol–water partition coefficient (Wildman–Crippen LogP) is 3.69. The Bertz CT molecular complexity index is 392. The summed E-state index contributed by atoms with van der Waals surface area (Å²) < 4.78 is 10.6. The van der Waals surface area contributed by atoms with E-state index >= 15 is 0 Å². The van der Waals surface area contributed by atoms with E-state index in [1.807, 2.05) is 18.2 Å². The van der Waals surface area contributed by atoms with Crippen molar-refractivity contribution in [2.24, 2.45) is 5.92 Å². The molecule has 3 heteroatoms. The van der Waals surface area contributed by atoms with Crippen LogP contribution in [0.5, 0.6) is 11.5 Å². The number of hydrogen-bond donors (Lipinski definition) is 1. The van der Waals surface area contributed by atoms with Gasteiger partial charge in [0.25, 0.3) is 0 Å². The Labute approximate surface area is 109 Å². The van der Waals surface area contributed by atoms with Crippen LogP contribution >= 0.6 is 0 Å². The Morgan fingerprint density at radius 2 is 2.06 bits per heavy atom. The van der Waals surface area contributed by atoms with Gasteiger partial charge in [-0.3, -0.25) is 0 Å². The van der Waals surface area contributed by atoms with Gasteiger partial charge in [0.15, 0.2) is 0 Å². The van der Waals surface area contributed by atoms with Crippen LogP contribution in [0.1, 0.15) is 32.6 Å². The van der Waals surface area contributed by atoms with Crippen molar-refractivity contribution in [3.63, 3.8) is 0 Å². The zero-order valence-electron chi connectivity index (χ0n) is 11.5. The molecule has 0 bridgehead atoms. The van der Waals surface area contributed by atoms with Crippen LogP contribution in [0.25, 0.3) is 0 Å². The molecular weight excluding hydrogens is 226 g/mol. The van der Waals surface area contributed by atoms with Crippen LogP contribution in [-0.2, 0) is 0 Å². The van der Waals surface area contributed by atoms with Crippen LogP contribution in [0, 0.1) is 5.92 Å². The average molecular weight is 249 g/mol. The molecule has 2 unspecified atom stereocenters. The minimum Gasteiger partial charge on any atom is -0.497 e. The normalized spacial score (nSPS) is 22.8. The molecule has 1 saturated carbocycles. The fourth-order valence-corrected chi connectivity index (χ4v) is 2.71. The summed E-state index contributed by atoms with van der Waals surface area (Å²) in [4.78, 5) is 0. The van der Waals surface area contributed by atoms with E-state index in [0.717, 1.165) is 23.1 Å². The molecule has 2 atom stereocenters. The van der Waals surface area contributed by atoms with Crippen molar-refractivity contribution in [3.05, 3.63) is 18.2 Å². The monoisotopic (exact) mass is 249 g/mol. The van der Waals surface area contributed by atoms with Crippen LogP contribution in [0.4, 0.5) is 5.69 Å². The lowest BCUT2D eigenvalue weighted by Gasteiger charge is -2.17. The first kappa shape index (κ1) is 13.1. The smallest absolute Gasteiger partial charge is 0.145 e. The number of benzene rings is 1. The molecule has 0 saturated heterocycles. The molecule has 1 aliphatic carbocycles. The van der Waals surface area contributed by atoms with E-state index in [9.17, 15) is 0 Å². The van der Waals surface area contributed by atoms with Gasteiger partial charge in [-0.2, -0.15) is 0 Å². The van der Waals surface area contributed by atoms with Crippen molar-refractivity contribution in [1.29, 1.82) is 0 Å². The van der Waals surface area contributed by atoms with E-state index in [1.54, 1.807) is 14.2 Å². The van der Waals surface area contributed by atoms with Crippen molar-refractivity contribution in [3.8, 4) is 11.5 Å². The zero-order valence-corrected chi connectivity index (χ0v) is 11.5. The Kier molecular flexibility index (Phi) is 4.34. The van der Waals surface area contributed by atoms with E-state index in [4.69, 9.17) is 9.47 Å². The SMILES string of the molecule is CCC1CCC(Nc2ccc(OC)cc2OC)C1. The third kappa shape index (κ3) is 2.89. The van der Waals surface area contributed by atoms with Gasteiger partial charge in [0.05, 0.1) is 19.9 Å². The van der Waals surface area contributed by atoms with Crippen molar-refractivity contribution >= 4 is 5.69 Å². The van der Waals surface area contributed by atoms with Gasteiger partial charge in [-0.15, -0.1) is 0 Å².